The predicted molar refractivity (Wildman–Crippen MR) is 173 cm³/mol. The Hall–Kier alpha value is -3.34. The van der Waals surface area contributed by atoms with Crippen molar-refractivity contribution in [1.82, 2.24) is 10.2 Å². The van der Waals surface area contributed by atoms with Gasteiger partial charge in [-0.15, -0.1) is 11.3 Å². The molecule has 0 aliphatic carbocycles. The zero-order chi connectivity index (χ0) is 32.8. The molecule has 3 N–H and O–H groups in total. The maximum Gasteiger partial charge on any atom is 0.245 e. The molecular formula is C31H37N3O9S3. The van der Waals surface area contributed by atoms with Gasteiger partial charge in [0.25, 0.3) is 0 Å². The Morgan fingerprint density at radius 1 is 1.02 bits per heavy atom. The fraction of sp³-hybridized carbons (Fsp3) is 0.419. The van der Waals surface area contributed by atoms with Crippen LogP contribution in [-0.2, 0) is 43.8 Å². The summed E-state index contributed by atoms with van der Waals surface area (Å²) < 4.78 is 63.8. The number of hydrogen-bond donors (Lipinski definition) is 3. The zero-order valence-electron chi connectivity index (χ0n) is 25.3. The minimum atomic E-state index is -3.92. The van der Waals surface area contributed by atoms with Gasteiger partial charge in [-0.05, 0) is 79.8 Å². The fourth-order valence-corrected chi connectivity index (χ4v) is 10.3. The molecule has 3 heterocycles. The third kappa shape index (κ3) is 7.96. The second-order valence-electron chi connectivity index (χ2n) is 11.2. The van der Waals surface area contributed by atoms with Crippen LogP contribution in [0.2, 0.25) is 0 Å². The lowest BCUT2D eigenvalue weighted by molar-refractivity contribution is -0.200. The van der Waals surface area contributed by atoms with Crippen LogP contribution in [-0.4, -0.2) is 61.0 Å². The Bertz CT molecular complexity index is 1750. The molecule has 248 valence electrons. The van der Waals surface area contributed by atoms with Gasteiger partial charge in [-0.25, -0.2) is 31.9 Å². The first-order chi connectivity index (χ1) is 22.0. The molecule has 46 heavy (non-hydrogen) atoms. The molecule has 2 atom stereocenters. The Labute approximate surface area is 272 Å². The molecule has 2 aromatic carbocycles. The summed E-state index contributed by atoms with van der Waals surface area (Å²) in [6.07, 6.45) is 3.19. The highest BCUT2D eigenvalue weighted by Crippen LogP contribution is 2.47. The van der Waals surface area contributed by atoms with E-state index < -0.39 is 49.3 Å². The quantitative estimate of drug-likeness (QED) is 0.237. The standard InChI is InChI=1S/C31H37N3O9S3/c1-41-24-10-12-25(13-11-24)46(39,40)32-21-29(36)33-23-8-6-7-22(19-23)26-14-15-27(44-26)31(16-3-5-18-45(31,37)38)20-28(35)34-43-30-9-2-4-17-42-30/h6-8,10-15,19,30,32H,2-5,9,16-18,20-21H2,1H3,(H,33,36)(H,34,35)/t30?,31-/m0/s1. The number of sulfone groups is 1. The molecule has 0 saturated carbocycles. The molecule has 15 heteroatoms. The summed E-state index contributed by atoms with van der Waals surface area (Å²) in [4.78, 5) is 32.4. The number of benzene rings is 2. The summed E-state index contributed by atoms with van der Waals surface area (Å²) in [5, 5.41) is 2.70. The van der Waals surface area contributed by atoms with Crippen molar-refractivity contribution in [3.8, 4) is 16.2 Å². The number of methoxy groups -OCH3 is 1. The number of carbonyl (C=O) groups is 2. The van der Waals surface area contributed by atoms with Crippen molar-refractivity contribution in [3.63, 3.8) is 0 Å². The SMILES string of the molecule is COc1ccc(S(=O)(=O)NCC(=O)Nc2cccc(-c3ccc([C@@]4(CC(=O)NOC5CCCCO5)CCCCS4(=O)=O)s3)c2)cc1. The van der Waals surface area contributed by atoms with Crippen molar-refractivity contribution in [2.24, 2.45) is 0 Å². The first-order valence-electron chi connectivity index (χ1n) is 14.9. The van der Waals surface area contributed by atoms with Gasteiger partial charge in [0.15, 0.2) is 16.1 Å². The van der Waals surface area contributed by atoms with Crippen LogP contribution < -0.4 is 20.3 Å². The zero-order valence-corrected chi connectivity index (χ0v) is 27.8. The van der Waals surface area contributed by atoms with Crippen LogP contribution in [0.15, 0.2) is 65.6 Å². The van der Waals surface area contributed by atoms with E-state index in [-0.39, 0.29) is 17.1 Å². The second-order valence-corrected chi connectivity index (χ2v) is 16.4. The van der Waals surface area contributed by atoms with Gasteiger partial charge in [-0.2, -0.15) is 0 Å². The molecule has 5 rings (SSSR count). The molecule has 0 bridgehead atoms. The van der Waals surface area contributed by atoms with Crippen LogP contribution >= 0.6 is 11.3 Å². The number of anilines is 1. The molecule has 1 aromatic heterocycles. The Morgan fingerprint density at radius 2 is 1.83 bits per heavy atom. The summed E-state index contributed by atoms with van der Waals surface area (Å²) in [7, 11) is -6.12. The molecule has 12 nitrogen and oxygen atoms in total. The number of rotatable bonds is 12. The van der Waals surface area contributed by atoms with E-state index in [1.54, 1.807) is 30.3 Å². The lowest BCUT2D eigenvalue weighted by atomic mass is 9.94. The Morgan fingerprint density at radius 3 is 2.54 bits per heavy atom. The largest absolute Gasteiger partial charge is 0.497 e. The summed E-state index contributed by atoms with van der Waals surface area (Å²) in [6.45, 7) is 0.0614. The highest BCUT2D eigenvalue weighted by Gasteiger charge is 2.49. The monoisotopic (exact) mass is 691 g/mol. The van der Waals surface area contributed by atoms with Gasteiger partial charge in [0.1, 0.15) is 10.5 Å². The normalized spacial score (nSPS) is 21.3. The first-order valence-corrected chi connectivity index (χ1v) is 18.9. The van der Waals surface area contributed by atoms with Crippen LogP contribution in [0.25, 0.3) is 10.4 Å². The number of carbonyl (C=O) groups excluding carboxylic acids is 2. The highest BCUT2D eigenvalue weighted by molar-refractivity contribution is 7.92. The van der Waals surface area contributed by atoms with Crippen LogP contribution in [0.5, 0.6) is 5.75 Å². The molecular weight excluding hydrogens is 655 g/mol. The highest BCUT2D eigenvalue weighted by atomic mass is 32.2. The number of hydroxylamine groups is 1. The minimum Gasteiger partial charge on any atom is -0.497 e. The fourth-order valence-electron chi connectivity index (χ4n) is 5.54. The summed E-state index contributed by atoms with van der Waals surface area (Å²) in [5.74, 6) is -0.600. The molecule has 2 aliphatic rings. The number of hydrogen-bond acceptors (Lipinski definition) is 10. The van der Waals surface area contributed by atoms with Crippen molar-refractivity contribution in [2.45, 2.75) is 60.9 Å². The third-order valence-corrected chi connectivity index (χ3v) is 13.5. The van der Waals surface area contributed by atoms with Crippen LogP contribution in [0.3, 0.4) is 0 Å². The maximum absolute atomic E-state index is 13.6. The number of sulfonamides is 1. The second kappa shape index (κ2) is 14.6. The molecule has 2 amide bonds. The van der Waals surface area contributed by atoms with Crippen molar-refractivity contribution in [3.05, 3.63) is 65.5 Å². The summed E-state index contributed by atoms with van der Waals surface area (Å²) in [6, 6.07) is 16.3. The number of ether oxygens (including phenoxy) is 2. The average molecular weight is 692 g/mol. The third-order valence-electron chi connectivity index (χ3n) is 8.01. The molecule has 2 fully saturated rings. The lowest BCUT2D eigenvalue weighted by Gasteiger charge is -2.35. The smallest absolute Gasteiger partial charge is 0.245 e. The van der Waals surface area contributed by atoms with Crippen LogP contribution in [0, 0.1) is 0 Å². The van der Waals surface area contributed by atoms with Crippen molar-refractivity contribution in [1.29, 1.82) is 0 Å². The molecule has 0 spiro atoms. The van der Waals surface area contributed by atoms with Gasteiger partial charge in [-0.3, -0.25) is 9.59 Å². The van der Waals surface area contributed by atoms with Gasteiger partial charge < -0.3 is 14.8 Å². The van der Waals surface area contributed by atoms with E-state index >= 15 is 0 Å². The van der Waals surface area contributed by atoms with E-state index in [1.165, 1.54) is 42.7 Å². The van der Waals surface area contributed by atoms with Crippen LogP contribution in [0.4, 0.5) is 5.69 Å². The molecule has 0 radical (unpaired) electrons. The summed E-state index contributed by atoms with van der Waals surface area (Å²) >= 11 is 1.29. The lowest BCUT2D eigenvalue weighted by Crippen LogP contribution is -2.45. The van der Waals surface area contributed by atoms with Crippen molar-refractivity contribution >= 4 is 48.7 Å². The minimum absolute atomic E-state index is 0.00223. The van der Waals surface area contributed by atoms with Gasteiger partial charge in [-0.1, -0.05) is 18.6 Å². The van der Waals surface area contributed by atoms with Gasteiger partial charge in [0, 0.05) is 28.5 Å². The van der Waals surface area contributed by atoms with Crippen molar-refractivity contribution < 1.29 is 40.7 Å². The average Bonchev–Trinajstić information content (AvgIpc) is 3.56. The number of thiophene rings is 1. The van der Waals surface area contributed by atoms with E-state index in [0.717, 1.165) is 23.3 Å². The predicted octanol–water partition coefficient (Wildman–Crippen LogP) is 4.10. The van der Waals surface area contributed by atoms with Crippen molar-refractivity contribution in [2.75, 3.05) is 31.3 Å². The Balaban J connectivity index is 1.27. The van der Waals surface area contributed by atoms with E-state index in [4.69, 9.17) is 14.3 Å². The number of nitrogens with one attached hydrogen (secondary N) is 3. The molecule has 2 saturated heterocycles. The Kier molecular flexibility index (Phi) is 10.8. The van der Waals surface area contributed by atoms with Gasteiger partial charge in [0.05, 0.1) is 30.7 Å². The van der Waals surface area contributed by atoms with Gasteiger partial charge >= 0.3 is 0 Å². The van der Waals surface area contributed by atoms with E-state index in [9.17, 15) is 26.4 Å². The maximum atomic E-state index is 13.6. The summed E-state index contributed by atoms with van der Waals surface area (Å²) in [5.41, 5.74) is 3.57. The van der Waals surface area contributed by atoms with Crippen LogP contribution in [0.1, 0.15) is 49.8 Å². The van der Waals surface area contributed by atoms with E-state index in [0.29, 0.717) is 48.6 Å². The topological polar surface area (TPSA) is 166 Å². The number of amides is 2. The molecule has 3 aromatic rings. The van der Waals surface area contributed by atoms with E-state index in [2.05, 4.69) is 15.5 Å². The molecule has 2 aliphatic heterocycles. The van der Waals surface area contributed by atoms with Gasteiger partial charge in [0.2, 0.25) is 21.8 Å². The van der Waals surface area contributed by atoms with E-state index in [1.807, 2.05) is 6.07 Å². The molecule has 1 unspecified atom stereocenters. The first kappa shape index (κ1) is 34.0.